The molecule has 0 aliphatic heterocycles. The topological polar surface area (TPSA) is 93.5 Å². The minimum Gasteiger partial charge on any atom is -0.494 e. The highest BCUT2D eigenvalue weighted by Gasteiger charge is 2.13. The van der Waals surface area contributed by atoms with Crippen LogP contribution in [0.4, 0.5) is 11.4 Å². The Labute approximate surface area is 117 Å². The molecule has 0 saturated heterocycles. The molecule has 1 amide bonds. The lowest BCUT2D eigenvalue weighted by Gasteiger charge is -2.13. The van der Waals surface area contributed by atoms with Crippen LogP contribution in [0.1, 0.15) is 20.3 Å². The fourth-order valence-corrected chi connectivity index (χ4v) is 1.50. The third kappa shape index (κ3) is 4.51. The minimum absolute atomic E-state index is 0.0856. The third-order valence-electron chi connectivity index (χ3n) is 2.89. The summed E-state index contributed by atoms with van der Waals surface area (Å²) in [6, 6.07) is 4.30. The van der Waals surface area contributed by atoms with Crippen LogP contribution in [-0.4, -0.2) is 30.5 Å². The number of hydrogen-bond acceptors (Lipinski definition) is 5. The van der Waals surface area contributed by atoms with Crippen molar-refractivity contribution >= 4 is 17.3 Å². The van der Waals surface area contributed by atoms with Crippen molar-refractivity contribution < 1.29 is 14.5 Å². The molecule has 0 spiro atoms. The Bertz CT molecular complexity index is 491. The van der Waals surface area contributed by atoms with Crippen molar-refractivity contribution in [2.45, 2.75) is 26.3 Å². The summed E-state index contributed by atoms with van der Waals surface area (Å²) in [5, 5.41) is 16.4. The number of non-ortho nitro benzene ring substituents is 1. The van der Waals surface area contributed by atoms with Crippen LogP contribution >= 0.6 is 0 Å². The average Bonchev–Trinajstić information content (AvgIpc) is 2.44. The average molecular weight is 281 g/mol. The molecule has 0 bridgehead atoms. The molecule has 1 aromatic carbocycles. The molecule has 7 nitrogen and oxygen atoms in total. The zero-order valence-electron chi connectivity index (χ0n) is 11.8. The van der Waals surface area contributed by atoms with Gasteiger partial charge in [-0.25, -0.2) is 0 Å². The number of anilines is 1. The van der Waals surface area contributed by atoms with E-state index in [4.69, 9.17) is 4.74 Å². The molecule has 110 valence electrons. The fraction of sp³-hybridized carbons (Fsp3) is 0.462. The molecular formula is C13H19N3O4. The Balaban J connectivity index is 2.72. The van der Waals surface area contributed by atoms with E-state index in [-0.39, 0.29) is 29.9 Å². The Morgan fingerprint density at radius 3 is 2.75 bits per heavy atom. The van der Waals surface area contributed by atoms with Gasteiger partial charge in [0, 0.05) is 12.1 Å². The Hall–Kier alpha value is -2.15. The Morgan fingerprint density at radius 1 is 1.50 bits per heavy atom. The number of ether oxygens (including phenoxy) is 1. The van der Waals surface area contributed by atoms with Crippen molar-refractivity contribution in [1.29, 1.82) is 0 Å². The van der Waals surface area contributed by atoms with E-state index in [1.54, 1.807) is 0 Å². The van der Waals surface area contributed by atoms with E-state index in [2.05, 4.69) is 10.6 Å². The molecule has 20 heavy (non-hydrogen) atoms. The number of carbonyl (C=O) groups is 1. The monoisotopic (exact) mass is 281 g/mol. The van der Waals surface area contributed by atoms with E-state index in [9.17, 15) is 14.9 Å². The number of nitrogens with one attached hydrogen (secondary N) is 2. The van der Waals surface area contributed by atoms with Crippen LogP contribution in [0.5, 0.6) is 5.75 Å². The van der Waals surface area contributed by atoms with Gasteiger partial charge in [0.2, 0.25) is 5.91 Å². The number of hydrogen-bond donors (Lipinski definition) is 2. The predicted molar refractivity (Wildman–Crippen MR) is 76.0 cm³/mol. The maximum atomic E-state index is 11.8. The lowest BCUT2D eigenvalue weighted by atomic mass is 10.2. The highest BCUT2D eigenvalue weighted by atomic mass is 16.6. The minimum atomic E-state index is -0.515. The van der Waals surface area contributed by atoms with Gasteiger partial charge in [-0.15, -0.1) is 0 Å². The first-order valence-electron chi connectivity index (χ1n) is 6.33. The van der Waals surface area contributed by atoms with Gasteiger partial charge < -0.3 is 15.4 Å². The zero-order chi connectivity index (χ0) is 15.1. The molecule has 2 N–H and O–H groups in total. The van der Waals surface area contributed by atoms with Crippen LogP contribution in [0, 0.1) is 10.1 Å². The van der Waals surface area contributed by atoms with E-state index < -0.39 is 4.92 Å². The molecule has 0 heterocycles. The second-order valence-electron chi connectivity index (χ2n) is 4.38. The smallest absolute Gasteiger partial charge is 0.273 e. The molecule has 7 heteroatoms. The maximum Gasteiger partial charge on any atom is 0.273 e. The van der Waals surface area contributed by atoms with E-state index >= 15 is 0 Å². The number of rotatable bonds is 7. The second kappa shape index (κ2) is 7.44. The lowest BCUT2D eigenvalue weighted by molar-refractivity contribution is -0.384. The summed E-state index contributed by atoms with van der Waals surface area (Å²) in [6.45, 7) is 4.18. The third-order valence-corrected chi connectivity index (χ3v) is 2.89. The van der Waals surface area contributed by atoms with Gasteiger partial charge in [-0.1, -0.05) is 6.92 Å². The van der Waals surface area contributed by atoms with Crippen molar-refractivity contribution in [2.75, 3.05) is 19.0 Å². The van der Waals surface area contributed by atoms with Crippen LogP contribution in [-0.2, 0) is 4.79 Å². The van der Waals surface area contributed by atoms with Crippen LogP contribution in [0.25, 0.3) is 0 Å². The number of nitro benzene ring substituents is 1. The summed E-state index contributed by atoms with van der Waals surface area (Å²) in [5.41, 5.74) is 0.326. The van der Waals surface area contributed by atoms with E-state index in [0.717, 1.165) is 6.42 Å². The first kappa shape index (κ1) is 15.9. The van der Waals surface area contributed by atoms with Crippen molar-refractivity contribution in [3.8, 4) is 5.75 Å². The summed E-state index contributed by atoms with van der Waals surface area (Å²) in [7, 11) is 1.39. The molecule has 1 atom stereocenters. The van der Waals surface area contributed by atoms with Crippen LogP contribution in [0.3, 0.4) is 0 Å². The highest BCUT2D eigenvalue weighted by molar-refractivity contribution is 5.93. The standard InChI is InChI=1S/C13H19N3O4/c1-4-9(2)14-8-13(17)15-11-6-5-10(16(18)19)7-12(11)20-3/h5-7,9,14H,4,8H2,1-3H3,(H,15,17). The summed E-state index contributed by atoms with van der Waals surface area (Å²) in [4.78, 5) is 21.9. The molecule has 0 radical (unpaired) electrons. The number of amides is 1. The van der Waals surface area contributed by atoms with Gasteiger partial charge >= 0.3 is 0 Å². The van der Waals surface area contributed by atoms with Gasteiger partial charge in [-0.3, -0.25) is 14.9 Å². The highest BCUT2D eigenvalue weighted by Crippen LogP contribution is 2.28. The molecular weight excluding hydrogens is 262 g/mol. The van der Waals surface area contributed by atoms with Crippen LogP contribution in [0.15, 0.2) is 18.2 Å². The van der Waals surface area contributed by atoms with E-state index in [1.165, 1.54) is 25.3 Å². The van der Waals surface area contributed by atoms with Crippen LogP contribution < -0.4 is 15.4 Å². The molecule has 1 unspecified atom stereocenters. The molecule has 0 aliphatic carbocycles. The molecule has 0 aliphatic rings. The van der Waals surface area contributed by atoms with Gasteiger partial charge in [0.05, 0.1) is 30.3 Å². The largest absolute Gasteiger partial charge is 0.494 e. The maximum absolute atomic E-state index is 11.8. The second-order valence-corrected chi connectivity index (χ2v) is 4.38. The summed E-state index contributed by atoms with van der Waals surface area (Å²) < 4.78 is 5.04. The van der Waals surface area contributed by atoms with Crippen molar-refractivity contribution in [1.82, 2.24) is 5.32 Å². The first-order valence-corrected chi connectivity index (χ1v) is 6.33. The number of methoxy groups -OCH3 is 1. The zero-order valence-corrected chi connectivity index (χ0v) is 11.8. The van der Waals surface area contributed by atoms with Crippen molar-refractivity contribution in [3.05, 3.63) is 28.3 Å². The summed E-state index contributed by atoms with van der Waals surface area (Å²) in [5.74, 6) is 0.0357. The van der Waals surface area contributed by atoms with Gasteiger partial charge in [0.15, 0.2) is 0 Å². The number of benzene rings is 1. The molecule has 1 rings (SSSR count). The summed E-state index contributed by atoms with van der Waals surface area (Å²) in [6.07, 6.45) is 0.925. The molecule has 0 saturated carbocycles. The molecule has 0 aromatic heterocycles. The summed E-state index contributed by atoms with van der Waals surface area (Å²) >= 11 is 0. The number of carbonyl (C=O) groups excluding carboxylic acids is 1. The Morgan fingerprint density at radius 2 is 2.20 bits per heavy atom. The van der Waals surface area contributed by atoms with E-state index in [0.29, 0.717) is 5.69 Å². The van der Waals surface area contributed by atoms with Crippen LogP contribution in [0.2, 0.25) is 0 Å². The van der Waals surface area contributed by atoms with E-state index in [1.807, 2.05) is 13.8 Å². The van der Waals surface area contributed by atoms with Crippen molar-refractivity contribution in [3.63, 3.8) is 0 Å². The molecule has 1 aromatic rings. The lowest BCUT2D eigenvalue weighted by Crippen LogP contribution is -2.34. The molecule has 0 fully saturated rings. The fourth-order valence-electron chi connectivity index (χ4n) is 1.50. The van der Waals surface area contributed by atoms with Gasteiger partial charge in [-0.05, 0) is 19.4 Å². The van der Waals surface area contributed by atoms with Gasteiger partial charge in [0.25, 0.3) is 5.69 Å². The van der Waals surface area contributed by atoms with Gasteiger partial charge in [0.1, 0.15) is 5.75 Å². The quantitative estimate of drug-likeness (QED) is 0.588. The number of nitro groups is 1. The predicted octanol–water partition coefficient (Wildman–Crippen LogP) is 1.93. The first-order chi connectivity index (χ1) is 9.47. The number of nitrogens with zero attached hydrogens (tertiary/aromatic N) is 1. The van der Waals surface area contributed by atoms with Crippen molar-refractivity contribution in [2.24, 2.45) is 0 Å². The van der Waals surface area contributed by atoms with Gasteiger partial charge in [-0.2, -0.15) is 0 Å². The SMILES string of the molecule is CCC(C)NCC(=O)Nc1ccc([N+](=O)[O-])cc1OC. The normalized spacial score (nSPS) is 11.8. The Kier molecular flexibility index (Phi) is 5.92.